The first-order valence-corrected chi connectivity index (χ1v) is 10.1. The quantitative estimate of drug-likeness (QED) is 0.634. The standard InChI is InChI=1S/C19H25FN4OS/c1-13(18(25)21-14-9-5-3-4-6-10-14)26-19-23-22-17(24(19)2)15-11-7-8-12-16(15)20/h7-8,11-14H,3-6,9-10H2,1-2H3,(H,21,25)/t13-/m1/s1. The van der Waals surface area contributed by atoms with Crippen LogP contribution >= 0.6 is 11.8 Å². The van der Waals surface area contributed by atoms with E-state index >= 15 is 0 Å². The van der Waals surface area contributed by atoms with Gasteiger partial charge < -0.3 is 9.88 Å². The normalized spacial score (nSPS) is 16.9. The summed E-state index contributed by atoms with van der Waals surface area (Å²) in [5.74, 6) is 0.151. The average Bonchev–Trinajstić information content (AvgIpc) is 2.83. The second-order valence-corrected chi connectivity index (χ2v) is 8.11. The zero-order valence-corrected chi connectivity index (χ0v) is 16.1. The van der Waals surface area contributed by atoms with E-state index in [1.54, 1.807) is 29.8 Å². The third-order valence-electron chi connectivity index (χ3n) is 4.80. The SMILES string of the molecule is C[C@@H](Sc1nnc(-c2ccccc2F)n1C)C(=O)NC1CCCCCC1. The van der Waals surface area contributed by atoms with E-state index in [1.165, 1.54) is 43.5 Å². The van der Waals surface area contributed by atoms with Crippen LogP contribution in [0.1, 0.15) is 45.4 Å². The number of carbonyl (C=O) groups is 1. The maximum Gasteiger partial charge on any atom is 0.233 e. The molecule has 1 aliphatic rings. The van der Waals surface area contributed by atoms with Crippen molar-refractivity contribution in [3.63, 3.8) is 0 Å². The molecule has 0 aliphatic heterocycles. The molecule has 0 unspecified atom stereocenters. The maximum atomic E-state index is 14.0. The number of amides is 1. The molecule has 140 valence electrons. The van der Waals surface area contributed by atoms with Gasteiger partial charge in [0.1, 0.15) is 5.82 Å². The van der Waals surface area contributed by atoms with E-state index in [2.05, 4.69) is 15.5 Å². The molecule has 1 atom stereocenters. The first kappa shape index (κ1) is 18.9. The molecular formula is C19H25FN4OS. The topological polar surface area (TPSA) is 59.8 Å². The van der Waals surface area contributed by atoms with Crippen molar-refractivity contribution < 1.29 is 9.18 Å². The van der Waals surface area contributed by atoms with Crippen LogP contribution in [0.15, 0.2) is 29.4 Å². The number of aromatic nitrogens is 3. The Bertz CT molecular complexity index is 756. The number of thioether (sulfide) groups is 1. The molecule has 1 aliphatic carbocycles. The Labute approximate surface area is 157 Å². The third-order valence-corrected chi connectivity index (χ3v) is 5.94. The Morgan fingerprint density at radius 3 is 2.62 bits per heavy atom. The van der Waals surface area contributed by atoms with Gasteiger partial charge in [0.05, 0.1) is 10.8 Å². The van der Waals surface area contributed by atoms with Crippen LogP contribution in [-0.2, 0) is 11.8 Å². The van der Waals surface area contributed by atoms with Gasteiger partial charge in [-0.15, -0.1) is 10.2 Å². The number of nitrogens with one attached hydrogen (secondary N) is 1. The molecule has 1 heterocycles. The number of nitrogens with zero attached hydrogens (tertiary/aromatic N) is 3. The van der Waals surface area contributed by atoms with Gasteiger partial charge in [-0.1, -0.05) is 49.6 Å². The number of hydrogen-bond acceptors (Lipinski definition) is 4. The van der Waals surface area contributed by atoms with Crippen molar-refractivity contribution in [1.82, 2.24) is 20.1 Å². The van der Waals surface area contributed by atoms with Crippen LogP contribution in [0, 0.1) is 5.82 Å². The first-order valence-electron chi connectivity index (χ1n) is 9.17. The van der Waals surface area contributed by atoms with Crippen LogP contribution in [0.3, 0.4) is 0 Å². The molecule has 0 saturated heterocycles. The number of halogens is 1. The summed E-state index contributed by atoms with van der Waals surface area (Å²) in [6.07, 6.45) is 7.00. The molecule has 26 heavy (non-hydrogen) atoms. The van der Waals surface area contributed by atoms with Gasteiger partial charge in [0.2, 0.25) is 5.91 Å². The summed E-state index contributed by atoms with van der Waals surface area (Å²) in [4.78, 5) is 12.5. The van der Waals surface area contributed by atoms with Gasteiger partial charge in [0, 0.05) is 13.1 Å². The van der Waals surface area contributed by atoms with E-state index in [9.17, 15) is 9.18 Å². The van der Waals surface area contributed by atoms with Gasteiger partial charge in [-0.25, -0.2) is 4.39 Å². The molecule has 2 aromatic rings. The molecule has 1 aromatic heterocycles. The van der Waals surface area contributed by atoms with E-state index in [1.807, 2.05) is 6.92 Å². The highest BCUT2D eigenvalue weighted by molar-refractivity contribution is 8.00. The predicted molar refractivity (Wildman–Crippen MR) is 101 cm³/mol. The molecule has 1 aromatic carbocycles. The van der Waals surface area contributed by atoms with E-state index in [4.69, 9.17) is 0 Å². The second kappa shape index (κ2) is 8.66. The van der Waals surface area contributed by atoms with Crippen molar-refractivity contribution in [1.29, 1.82) is 0 Å². The minimum absolute atomic E-state index is 0.0253. The fourth-order valence-electron chi connectivity index (χ4n) is 3.25. The fraction of sp³-hybridized carbons (Fsp3) is 0.526. The lowest BCUT2D eigenvalue weighted by atomic mass is 10.1. The zero-order valence-electron chi connectivity index (χ0n) is 15.2. The van der Waals surface area contributed by atoms with E-state index in [0.29, 0.717) is 16.5 Å². The van der Waals surface area contributed by atoms with Crippen LogP contribution in [-0.4, -0.2) is 32.0 Å². The highest BCUT2D eigenvalue weighted by Gasteiger charge is 2.22. The molecular weight excluding hydrogens is 351 g/mol. The first-order chi connectivity index (χ1) is 12.6. The smallest absolute Gasteiger partial charge is 0.233 e. The van der Waals surface area contributed by atoms with Crippen LogP contribution in [0.5, 0.6) is 0 Å². The van der Waals surface area contributed by atoms with E-state index in [0.717, 1.165) is 12.8 Å². The third kappa shape index (κ3) is 4.44. The minimum atomic E-state index is -0.335. The number of rotatable bonds is 5. The van der Waals surface area contributed by atoms with Gasteiger partial charge >= 0.3 is 0 Å². The van der Waals surface area contributed by atoms with Crippen LogP contribution in [0.25, 0.3) is 11.4 Å². The molecule has 5 nitrogen and oxygen atoms in total. The van der Waals surface area contributed by atoms with Gasteiger partial charge in [-0.05, 0) is 31.9 Å². The van der Waals surface area contributed by atoms with E-state index < -0.39 is 0 Å². The van der Waals surface area contributed by atoms with Crippen molar-refractivity contribution in [2.75, 3.05) is 0 Å². The molecule has 1 fully saturated rings. The largest absolute Gasteiger partial charge is 0.352 e. The summed E-state index contributed by atoms with van der Waals surface area (Å²) in [7, 11) is 1.79. The monoisotopic (exact) mass is 376 g/mol. The van der Waals surface area contributed by atoms with Crippen molar-refractivity contribution in [2.45, 2.75) is 61.9 Å². The lowest BCUT2D eigenvalue weighted by molar-refractivity contribution is -0.121. The summed E-state index contributed by atoms with van der Waals surface area (Å²) in [5, 5.41) is 11.7. The Balaban J connectivity index is 1.65. The van der Waals surface area contributed by atoms with Gasteiger partial charge in [-0.2, -0.15) is 0 Å². The van der Waals surface area contributed by atoms with E-state index in [-0.39, 0.29) is 23.0 Å². The lowest BCUT2D eigenvalue weighted by Gasteiger charge is -2.19. The number of benzene rings is 1. The molecule has 0 spiro atoms. The molecule has 1 saturated carbocycles. The Morgan fingerprint density at radius 2 is 1.92 bits per heavy atom. The second-order valence-electron chi connectivity index (χ2n) is 6.80. The molecule has 3 rings (SSSR count). The highest BCUT2D eigenvalue weighted by atomic mass is 32.2. The Morgan fingerprint density at radius 1 is 1.23 bits per heavy atom. The molecule has 1 amide bonds. The van der Waals surface area contributed by atoms with Crippen LogP contribution in [0.2, 0.25) is 0 Å². The molecule has 0 radical (unpaired) electrons. The van der Waals surface area contributed by atoms with Crippen molar-refractivity contribution in [3.05, 3.63) is 30.1 Å². The van der Waals surface area contributed by atoms with Crippen molar-refractivity contribution in [3.8, 4) is 11.4 Å². The maximum absolute atomic E-state index is 14.0. The average molecular weight is 377 g/mol. The summed E-state index contributed by atoms with van der Waals surface area (Å²) in [6, 6.07) is 6.77. The predicted octanol–water partition coefficient (Wildman–Crippen LogP) is 3.94. The Kier molecular flexibility index (Phi) is 6.29. The minimum Gasteiger partial charge on any atom is -0.352 e. The lowest BCUT2D eigenvalue weighted by Crippen LogP contribution is -2.39. The summed E-state index contributed by atoms with van der Waals surface area (Å²) >= 11 is 1.35. The summed E-state index contributed by atoms with van der Waals surface area (Å²) in [5.41, 5.74) is 0.407. The van der Waals surface area contributed by atoms with Gasteiger partial charge in [0.15, 0.2) is 11.0 Å². The van der Waals surface area contributed by atoms with Crippen molar-refractivity contribution in [2.24, 2.45) is 7.05 Å². The Hall–Kier alpha value is -1.89. The van der Waals surface area contributed by atoms with Crippen LogP contribution in [0.4, 0.5) is 4.39 Å². The molecule has 7 heteroatoms. The number of hydrogen-bond donors (Lipinski definition) is 1. The summed E-state index contributed by atoms with van der Waals surface area (Å²) in [6.45, 7) is 1.87. The molecule has 1 N–H and O–H groups in total. The fourth-order valence-corrected chi connectivity index (χ4v) is 4.07. The molecule has 0 bridgehead atoms. The van der Waals surface area contributed by atoms with Gasteiger partial charge in [0.25, 0.3) is 0 Å². The van der Waals surface area contributed by atoms with Gasteiger partial charge in [-0.3, -0.25) is 4.79 Å². The van der Waals surface area contributed by atoms with Crippen molar-refractivity contribution >= 4 is 17.7 Å². The zero-order chi connectivity index (χ0) is 18.5. The highest BCUT2D eigenvalue weighted by Crippen LogP contribution is 2.27. The summed E-state index contributed by atoms with van der Waals surface area (Å²) < 4.78 is 15.7. The number of carbonyl (C=O) groups excluding carboxylic acids is 1. The van der Waals surface area contributed by atoms with Crippen LogP contribution < -0.4 is 5.32 Å².